The van der Waals surface area contributed by atoms with Gasteiger partial charge in [0.2, 0.25) is 0 Å². The van der Waals surface area contributed by atoms with Crippen molar-refractivity contribution in [3.63, 3.8) is 0 Å². The van der Waals surface area contributed by atoms with Crippen LogP contribution in [0.5, 0.6) is 0 Å². The SMILES string of the molecule is C=C1CC[C@@H](OC(=O)c2ccc([N+](=O)[O-])cc2)C[C@@]12O[C@H]2COC(C)=O. The topological polar surface area (TPSA) is 108 Å². The molecule has 8 heteroatoms. The highest BCUT2D eigenvalue weighted by molar-refractivity contribution is 5.89. The van der Waals surface area contributed by atoms with E-state index in [1.807, 2.05) is 0 Å². The fourth-order valence-corrected chi connectivity index (χ4v) is 3.24. The van der Waals surface area contributed by atoms with Crippen LogP contribution in [0.3, 0.4) is 0 Å². The predicted molar refractivity (Wildman–Crippen MR) is 89.5 cm³/mol. The second-order valence-electron chi connectivity index (χ2n) is 6.48. The van der Waals surface area contributed by atoms with Crippen molar-refractivity contribution in [1.29, 1.82) is 0 Å². The highest BCUT2D eigenvalue weighted by atomic mass is 16.6. The van der Waals surface area contributed by atoms with Crippen molar-refractivity contribution in [2.24, 2.45) is 0 Å². The molecule has 1 spiro atoms. The van der Waals surface area contributed by atoms with Gasteiger partial charge in [-0.15, -0.1) is 0 Å². The average molecular weight is 361 g/mol. The molecule has 26 heavy (non-hydrogen) atoms. The van der Waals surface area contributed by atoms with Gasteiger partial charge in [-0.2, -0.15) is 0 Å². The molecule has 1 aliphatic heterocycles. The van der Waals surface area contributed by atoms with E-state index in [0.717, 1.165) is 5.57 Å². The van der Waals surface area contributed by atoms with Crippen LogP contribution in [-0.2, 0) is 19.0 Å². The summed E-state index contributed by atoms with van der Waals surface area (Å²) in [6.07, 6.45) is 1.11. The van der Waals surface area contributed by atoms with Crippen LogP contribution in [0.1, 0.15) is 36.5 Å². The van der Waals surface area contributed by atoms with Gasteiger partial charge in [0.15, 0.2) is 0 Å². The van der Waals surface area contributed by atoms with Crippen LogP contribution >= 0.6 is 0 Å². The number of benzene rings is 1. The monoisotopic (exact) mass is 361 g/mol. The highest BCUT2D eigenvalue weighted by Gasteiger charge is 2.61. The Kier molecular flexibility index (Phi) is 4.78. The van der Waals surface area contributed by atoms with E-state index in [2.05, 4.69) is 6.58 Å². The first-order valence-electron chi connectivity index (χ1n) is 8.26. The van der Waals surface area contributed by atoms with E-state index in [1.165, 1.54) is 31.2 Å². The molecule has 1 aromatic rings. The van der Waals surface area contributed by atoms with Crippen molar-refractivity contribution in [3.8, 4) is 0 Å². The molecule has 0 aromatic heterocycles. The van der Waals surface area contributed by atoms with Gasteiger partial charge in [-0.25, -0.2) is 4.79 Å². The fourth-order valence-electron chi connectivity index (χ4n) is 3.24. The summed E-state index contributed by atoms with van der Waals surface area (Å²) in [4.78, 5) is 33.4. The maximum atomic E-state index is 12.3. The molecule has 0 unspecified atom stereocenters. The van der Waals surface area contributed by atoms with Gasteiger partial charge < -0.3 is 14.2 Å². The molecular weight excluding hydrogens is 342 g/mol. The summed E-state index contributed by atoms with van der Waals surface area (Å²) in [7, 11) is 0. The Bertz CT molecular complexity index is 757. The van der Waals surface area contributed by atoms with Crippen molar-refractivity contribution in [1.82, 2.24) is 0 Å². The smallest absolute Gasteiger partial charge is 0.338 e. The summed E-state index contributed by atoms with van der Waals surface area (Å²) in [6.45, 7) is 5.52. The Morgan fingerprint density at radius 3 is 2.69 bits per heavy atom. The molecule has 1 saturated carbocycles. The van der Waals surface area contributed by atoms with Crippen molar-refractivity contribution >= 4 is 17.6 Å². The fraction of sp³-hybridized carbons (Fsp3) is 0.444. The van der Waals surface area contributed by atoms with Gasteiger partial charge >= 0.3 is 11.9 Å². The van der Waals surface area contributed by atoms with E-state index in [0.29, 0.717) is 19.3 Å². The number of rotatable bonds is 5. The number of nitro groups is 1. The van der Waals surface area contributed by atoms with E-state index >= 15 is 0 Å². The van der Waals surface area contributed by atoms with Gasteiger partial charge in [-0.3, -0.25) is 14.9 Å². The van der Waals surface area contributed by atoms with Crippen LogP contribution in [-0.4, -0.2) is 41.3 Å². The molecule has 0 amide bonds. The Hall–Kier alpha value is -2.74. The first-order valence-corrected chi connectivity index (χ1v) is 8.26. The Morgan fingerprint density at radius 1 is 1.38 bits per heavy atom. The number of nitro benzene ring substituents is 1. The molecule has 0 bridgehead atoms. The number of nitrogens with zero attached hydrogens (tertiary/aromatic N) is 1. The van der Waals surface area contributed by atoms with Crippen molar-refractivity contribution in [2.45, 2.75) is 44.0 Å². The van der Waals surface area contributed by atoms with Crippen LogP contribution in [0.15, 0.2) is 36.4 Å². The van der Waals surface area contributed by atoms with Gasteiger partial charge in [0.25, 0.3) is 5.69 Å². The molecule has 1 aliphatic carbocycles. The average Bonchev–Trinajstić information content (AvgIpc) is 3.30. The molecule has 0 radical (unpaired) electrons. The molecule has 3 rings (SSSR count). The highest BCUT2D eigenvalue weighted by Crippen LogP contribution is 2.51. The van der Waals surface area contributed by atoms with E-state index in [4.69, 9.17) is 14.2 Å². The maximum Gasteiger partial charge on any atom is 0.338 e. The molecule has 138 valence electrons. The zero-order chi connectivity index (χ0) is 18.9. The summed E-state index contributed by atoms with van der Waals surface area (Å²) in [5, 5.41) is 10.7. The number of carbonyl (C=O) groups is 2. The summed E-state index contributed by atoms with van der Waals surface area (Å²) >= 11 is 0. The Labute approximate surface area is 149 Å². The molecule has 1 saturated heterocycles. The lowest BCUT2D eigenvalue weighted by molar-refractivity contribution is -0.384. The molecule has 8 nitrogen and oxygen atoms in total. The lowest BCUT2D eigenvalue weighted by Crippen LogP contribution is -2.34. The third-order valence-electron chi connectivity index (χ3n) is 4.74. The third kappa shape index (κ3) is 3.60. The minimum atomic E-state index is -0.603. The van der Waals surface area contributed by atoms with Gasteiger partial charge in [0, 0.05) is 25.5 Å². The second-order valence-corrected chi connectivity index (χ2v) is 6.48. The molecule has 0 N–H and O–H groups in total. The summed E-state index contributed by atoms with van der Waals surface area (Å²) in [6, 6.07) is 5.27. The van der Waals surface area contributed by atoms with Crippen molar-refractivity contribution in [3.05, 3.63) is 52.1 Å². The van der Waals surface area contributed by atoms with Crippen molar-refractivity contribution < 1.29 is 28.7 Å². The number of carbonyl (C=O) groups excluding carboxylic acids is 2. The Morgan fingerprint density at radius 2 is 2.08 bits per heavy atom. The number of non-ortho nitro benzene ring substituents is 1. The molecular formula is C18H19NO7. The minimum Gasteiger partial charge on any atom is -0.463 e. The van der Waals surface area contributed by atoms with Crippen LogP contribution in [0.4, 0.5) is 5.69 Å². The van der Waals surface area contributed by atoms with E-state index in [9.17, 15) is 19.7 Å². The van der Waals surface area contributed by atoms with Gasteiger partial charge in [-0.05, 0) is 30.5 Å². The minimum absolute atomic E-state index is 0.0887. The van der Waals surface area contributed by atoms with Crippen LogP contribution in [0, 0.1) is 10.1 Å². The van der Waals surface area contributed by atoms with E-state index in [1.54, 1.807) is 0 Å². The number of esters is 2. The standard InChI is InChI=1S/C18H19NO7/c1-11-3-8-15(9-18(11)16(26-18)10-24-12(2)20)25-17(21)13-4-6-14(7-5-13)19(22)23/h4-7,15-16H,1,3,8-10H2,2H3/t15-,16+,18-/m1/s1. The van der Waals surface area contributed by atoms with Crippen LogP contribution in [0.2, 0.25) is 0 Å². The number of hydrogen-bond acceptors (Lipinski definition) is 7. The molecule has 2 aliphatic rings. The molecule has 2 fully saturated rings. The number of ether oxygens (including phenoxy) is 3. The van der Waals surface area contributed by atoms with Gasteiger partial charge in [0.05, 0.1) is 10.5 Å². The molecule has 3 atom stereocenters. The molecule has 1 aromatic carbocycles. The Balaban J connectivity index is 1.60. The first kappa shape index (κ1) is 18.1. The third-order valence-corrected chi connectivity index (χ3v) is 4.74. The quantitative estimate of drug-likeness (QED) is 0.261. The summed E-state index contributed by atoms with van der Waals surface area (Å²) < 4.78 is 16.3. The van der Waals surface area contributed by atoms with Crippen LogP contribution in [0.25, 0.3) is 0 Å². The predicted octanol–water partition coefficient (Wildman–Crippen LogP) is 2.56. The maximum absolute atomic E-state index is 12.3. The normalized spacial score (nSPS) is 27.0. The molecule has 1 heterocycles. The first-order chi connectivity index (χ1) is 12.3. The van der Waals surface area contributed by atoms with E-state index < -0.39 is 16.5 Å². The van der Waals surface area contributed by atoms with Crippen molar-refractivity contribution in [2.75, 3.05) is 6.61 Å². The van der Waals surface area contributed by atoms with Gasteiger partial charge in [-0.1, -0.05) is 6.58 Å². The second kappa shape index (κ2) is 6.87. The van der Waals surface area contributed by atoms with Gasteiger partial charge in [0.1, 0.15) is 24.4 Å². The summed E-state index contributed by atoms with van der Waals surface area (Å²) in [5.41, 5.74) is 0.474. The van der Waals surface area contributed by atoms with E-state index in [-0.39, 0.29) is 36.0 Å². The number of hydrogen-bond donors (Lipinski definition) is 0. The lowest BCUT2D eigenvalue weighted by Gasteiger charge is -2.29. The van der Waals surface area contributed by atoms with Crippen LogP contribution < -0.4 is 0 Å². The zero-order valence-corrected chi connectivity index (χ0v) is 14.3. The largest absolute Gasteiger partial charge is 0.463 e. The zero-order valence-electron chi connectivity index (χ0n) is 14.3. The number of epoxide rings is 1. The lowest BCUT2D eigenvalue weighted by atomic mass is 9.81. The summed E-state index contributed by atoms with van der Waals surface area (Å²) in [5.74, 6) is -0.914.